The van der Waals surface area contributed by atoms with Crippen molar-refractivity contribution in [2.24, 2.45) is 5.92 Å². The number of urea groups is 1. The minimum absolute atomic E-state index is 0.0848. The van der Waals surface area contributed by atoms with E-state index in [4.69, 9.17) is 0 Å². The molecule has 2 fully saturated rings. The average Bonchev–Trinajstić information content (AvgIpc) is 3.05. The normalized spacial score (nSPS) is 24.4. The summed E-state index contributed by atoms with van der Waals surface area (Å²) in [5.74, 6) is 0.926. The van der Waals surface area contributed by atoms with Crippen molar-refractivity contribution in [1.29, 1.82) is 0 Å². The second-order valence-electron chi connectivity index (χ2n) is 9.55. The van der Waals surface area contributed by atoms with Crippen molar-refractivity contribution < 1.29 is 4.79 Å². The number of hydrogen-bond donors (Lipinski definition) is 1. The van der Waals surface area contributed by atoms with Crippen molar-refractivity contribution in [3.63, 3.8) is 0 Å². The van der Waals surface area contributed by atoms with E-state index in [0.29, 0.717) is 0 Å². The summed E-state index contributed by atoms with van der Waals surface area (Å²) in [5, 5.41) is 3.36. The fourth-order valence-corrected chi connectivity index (χ4v) is 6.15. The maximum Gasteiger partial charge on any atom is 0.317 e. The fourth-order valence-electron chi connectivity index (χ4n) is 6.15. The Balaban J connectivity index is 1.42. The molecular formula is C25H39N3O. The summed E-state index contributed by atoms with van der Waals surface area (Å²) in [6.45, 7) is 9.35. The largest absolute Gasteiger partial charge is 0.331 e. The highest BCUT2D eigenvalue weighted by molar-refractivity contribution is 5.75. The van der Waals surface area contributed by atoms with Crippen LogP contribution in [0.5, 0.6) is 0 Å². The number of fused-ring (bicyclic) bond motifs is 2. The molecule has 4 nitrogen and oxygen atoms in total. The average molecular weight is 398 g/mol. The molecular weight excluding hydrogens is 358 g/mol. The standard InChI is InChI=1S/C25H39N3O/c1-3-28(4-2)24(29)26-23-18-25(22-13-9-8-12-21(22)23)14-16-27(17-15-25)19-20-10-6-5-7-11-20/h8-9,12-13,20,23H,3-7,10-11,14-19H2,1-2H3,(H,26,29)/t23-/m0/s1. The van der Waals surface area contributed by atoms with E-state index in [0.717, 1.165) is 25.4 Å². The van der Waals surface area contributed by atoms with Gasteiger partial charge in [0.05, 0.1) is 6.04 Å². The summed E-state index contributed by atoms with van der Waals surface area (Å²) in [6, 6.07) is 9.13. The first-order valence-corrected chi connectivity index (χ1v) is 12.0. The maximum atomic E-state index is 12.7. The minimum atomic E-state index is 0.0848. The van der Waals surface area contributed by atoms with Crippen LogP contribution in [0, 0.1) is 5.92 Å². The highest BCUT2D eigenvalue weighted by Crippen LogP contribution is 2.50. The number of nitrogens with zero attached hydrogens (tertiary/aromatic N) is 2. The molecule has 2 amide bonds. The van der Waals surface area contributed by atoms with Gasteiger partial charge in [-0.15, -0.1) is 0 Å². The molecule has 160 valence electrons. The van der Waals surface area contributed by atoms with Crippen LogP contribution >= 0.6 is 0 Å². The quantitative estimate of drug-likeness (QED) is 0.750. The minimum Gasteiger partial charge on any atom is -0.331 e. The van der Waals surface area contributed by atoms with Crippen molar-refractivity contribution in [3.05, 3.63) is 35.4 Å². The molecule has 1 aromatic carbocycles. The lowest BCUT2D eigenvalue weighted by Gasteiger charge is -2.42. The van der Waals surface area contributed by atoms with Gasteiger partial charge in [0.1, 0.15) is 0 Å². The zero-order valence-electron chi connectivity index (χ0n) is 18.5. The molecule has 4 rings (SSSR count). The lowest BCUT2D eigenvalue weighted by molar-refractivity contribution is 0.124. The second kappa shape index (κ2) is 9.07. The molecule has 1 saturated heterocycles. The molecule has 0 radical (unpaired) electrons. The van der Waals surface area contributed by atoms with Crippen molar-refractivity contribution in [2.75, 3.05) is 32.7 Å². The summed E-state index contributed by atoms with van der Waals surface area (Å²) in [4.78, 5) is 17.3. The van der Waals surface area contributed by atoms with E-state index in [9.17, 15) is 4.79 Å². The Hall–Kier alpha value is -1.55. The van der Waals surface area contributed by atoms with Crippen molar-refractivity contribution in [2.45, 2.75) is 76.7 Å². The van der Waals surface area contributed by atoms with Crippen LogP contribution in [0.2, 0.25) is 0 Å². The van der Waals surface area contributed by atoms with Gasteiger partial charge in [-0.2, -0.15) is 0 Å². The number of likely N-dealkylation sites (tertiary alicyclic amines) is 1. The molecule has 0 unspecified atom stereocenters. The van der Waals surface area contributed by atoms with E-state index in [1.54, 1.807) is 0 Å². The first kappa shape index (κ1) is 20.7. The Morgan fingerprint density at radius 3 is 2.48 bits per heavy atom. The molecule has 1 saturated carbocycles. The molecule has 0 aromatic heterocycles. The predicted octanol–water partition coefficient (Wildman–Crippen LogP) is 5.10. The third kappa shape index (κ3) is 4.33. The first-order chi connectivity index (χ1) is 14.1. The van der Waals surface area contributed by atoms with Crippen molar-refractivity contribution in [1.82, 2.24) is 15.1 Å². The maximum absolute atomic E-state index is 12.7. The molecule has 2 aliphatic carbocycles. The Morgan fingerprint density at radius 1 is 1.10 bits per heavy atom. The van der Waals surface area contributed by atoms with E-state index in [1.165, 1.54) is 75.7 Å². The zero-order valence-corrected chi connectivity index (χ0v) is 18.5. The van der Waals surface area contributed by atoms with Crippen LogP contribution in [0.25, 0.3) is 0 Å². The summed E-state index contributed by atoms with van der Waals surface area (Å²) in [7, 11) is 0. The third-order valence-electron chi connectivity index (χ3n) is 7.91. The molecule has 1 aliphatic heterocycles. The molecule has 29 heavy (non-hydrogen) atoms. The van der Waals surface area contributed by atoms with Crippen molar-refractivity contribution in [3.8, 4) is 0 Å². The molecule has 1 N–H and O–H groups in total. The van der Waals surface area contributed by atoms with Gasteiger partial charge in [-0.3, -0.25) is 0 Å². The monoisotopic (exact) mass is 397 g/mol. The van der Waals surface area contributed by atoms with E-state index < -0.39 is 0 Å². The lowest BCUT2D eigenvalue weighted by atomic mass is 9.73. The van der Waals surface area contributed by atoms with E-state index in [-0.39, 0.29) is 17.5 Å². The topological polar surface area (TPSA) is 35.6 Å². The zero-order chi connectivity index (χ0) is 20.3. The van der Waals surface area contributed by atoms with Crippen LogP contribution in [0.4, 0.5) is 4.79 Å². The van der Waals surface area contributed by atoms with Crippen LogP contribution < -0.4 is 5.32 Å². The second-order valence-corrected chi connectivity index (χ2v) is 9.55. The van der Waals surface area contributed by atoms with Gasteiger partial charge in [0.15, 0.2) is 0 Å². The Kier molecular flexibility index (Phi) is 6.48. The highest BCUT2D eigenvalue weighted by Gasteiger charge is 2.46. The molecule has 1 aromatic rings. The number of amides is 2. The van der Waals surface area contributed by atoms with Crippen molar-refractivity contribution >= 4 is 6.03 Å². The van der Waals surface area contributed by atoms with E-state index >= 15 is 0 Å². The van der Waals surface area contributed by atoms with Gasteiger partial charge in [0.2, 0.25) is 0 Å². The highest BCUT2D eigenvalue weighted by atomic mass is 16.2. The molecule has 3 aliphatic rings. The van der Waals surface area contributed by atoms with Gasteiger partial charge in [-0.25, -0.2) is 4.79 Å². The van der Waals surface area contributed by atoms with Gasteiger partial charge < -0.3 is 15.1 Å². The molecule has 0 bridgehead atoms. The number of nitrogens with one attached hydrogen (secondary N) is 1. The van der Waals surface area contributed by atoms with Crippen LogP contribution in [0.15, 0.2) is 24.3 Å². The summed E-state index contributed by atoms with van der Waals surface area (Å²) >= 11 is 0. The number of carbonyl (C=O) groups is 1. The van der Waals surface area contributed by atoms with Crippen LogP contribution in [-0.4, -0.2) is 48.6 Å². The molecule has 4 heteroatoms. The van der Waals surface area contributed by atoms with Gasteiger partial charge in [-0.05, 0) is 76.1 Å². The molecule has 1 atom stereocenters. The van der Waals surface area contributed by atoms with E-state index in [2.05, 4.69) is 48.3 Å². The number of rotatable bonds is 5. The predicted molar refractivity (Wildman–Crippen MR) is 119 cm³/mol. The van der Waals surface area contributed by atoms with Gasteiger partial charge in [-0.1, -0.05) is 43.5 Å². The lowest BCUT2D eigenvalue weighted by Crippen LogP contribution is -2.44. The summed E-state index contributed by atoms with van der Waals surface area (Å²) in [5.41, 5.74) is 3.11. The number of benzene rings is 1. The number of carbonyl (C=O) groups excluding carboxylic acids is 1. The SMILES string of the molecule is CCN(CC)C(=O)N[C@H]1CC2(CCN(CC3CCCCC3)CC2)c2ccccc21. The van der Waals surface area contributed by atoms with Gasteiger partial charge >= 0.3 is 6.03 Å². The van der Waals surface area contributed by atoms with Crippen LogP contribution in [0.1, 0.15) is 82.4 Å². The smallest absolute Gasteiger partial charge is 0.317 e. The van der Waals surface area contributed by atoms with E-state index in [1.807, 2.05) is 4.90 Å². The Bertz CT molecular complexity index is 685. The Morgan fingerprint density at radius 2 is 1.79 bits per heavy atom. The third-order valence-corrected chi connectivity index (χ3v) is 7.91. The molecule has 1 heterocycles. The fraction of sp³-hybridized carbons (Fsp3) is 0.720. The van der Waals surface area contributed by atoms with Crippen LogP contribution in [0.3, 0.4) is 0 Å². The first-order valence-electron chi connectivity index (χ1n) is 12.0. The number of piperidine rings is 1. The summed E-state index contributed by atoms with van der Waals surface area (Å²) in [6.07, 6.45) is 10.7. The van der Waals surface area contributed by atoms with Gasteiger partial charge in [0.25, 0.3) is 0 Å². The number of hydrogen-bond acceptors (Lipinski definition) is 2. The van der Waals surface area contributed by atoms with Gasteiger partial charge in [0, 0.05) is 25.0 Å². The summed E-state index contributed by atoms with van der Waals surface area (Å²) < 4.78 is 0. The van der Waals surface area contributed by atoms with Crippen LogP contribution in [-0.2, 0) is 5.41 Å². The molecule has 1 spiro atoms. The Labute approximate surface area is 177 Å².